The molecule has 0 bridgehead atoms. The molecular weight excluding hydrogens is 448 g/mol. The van der Waals surface area contributed by atoms with Gasteiger partial charge in [0.1, 0.15) is 29.6 Å². The van der Waals surface area contributed by atoms with Gasteiger partial charge in [0.25, 0.3) is 5.91 Å². The maximum Gasteiger partial charge on any atom is 0.276 e. The number of furan rings is 1. The molecular formula is C24H21ClN2O4S. The van der Waals surface area contributed by atoms with E-state index >= 15 is 0 Å². The lowest BCUT2D eigenvalue weighted by Gasteiger charge is -2.13. The maximum absolute atomic E-state index is 12.8. The Bertz CT molecular complexity index is 1190. The molecule has 2 heterocycles. The predicted molar refractivity (Wildman–Crippen MR) is 126 cm³/mol. The van der Waals surface area contributed by atoms with Gasteiger partial charge in [-0.05, 0) is 78.8 Å². The summed E-state index contributed by atoms with van der Waals surface area (Å²) in [5.74, 6) is 1.88. The van der Waals surface area contributed by atoms with Crippen LogP contribution in [-0.2, 0) is 17.9 Å². The molecule has 0 spiro atoms. The Morgan fingerprint density at radius 2 is 2.00 bits per heavy atom. The number of benzene rings is 2. The van der Waals surface area contributed by atoms with Crippen LogP contribution in [-0.4, -0.2) is 23.0 Å². The van der Waals surface area contributed by atoms with Crippen LogP contribution in [0.5, 0.6) is 11.5 Å². The summed E-state index contributed by atoms with van der Waals surface area (Å²) in [7, 11) is 1.61. The Labute approximate surface area is 196 Å². The summed E-state index contributed by atoms with van der Waals surface area (Å²) in [6.07, 6.45) is 3.32. The molecule has 0 atom stereocenters. The minimum atomic E-state index is -0.211. The van der Waals surface area contributed by atoms with E-state index in [9.17, 15) is 4.79 Å². The molecule has 1 saturated heterocycles. The third kappa shape index (κ3) is 4.79. The Morgan fingerprint density at radius 1 is 1.19 bits per heavy atom. The number of carbonyl (C=O) groups excluding carboxylic acids is 1. The molecule has 4 rings (SSSR count). The average molecular weight is 469 g/mol. The second kappa shape index (κ2) is 9.46. The first-order valence-electron chi connectivity index (χ1n) is 9.87. The Balaban J connectivity index is 1.53. The van der Waals surface area contributed by atoms with Crippen LogP contribution in [0.2, 0.25) is 5.02 Å². The molecule has 6 nitrogen and oxygen atoms in total. The van der Waals surface area contributed by atoms with Crippen molar-refractivity contribution in [1.29, 1.82) is 0 Å². The number of halogens is 1. The third-order valence-electron chi connectivity index (χ3n) is 4.99. The van der Waals surface area contributed by atoms with E-state index in [-0.39, 0.29) is 12.5 Å². The lowest BCUT2D eigenvalue weighted by molar-refractivity contribution is -0.122. The number of amides is 1. The zero-order chi connectivity index (χ0) is 22.7. The van der Waals surface area contributed by atoms with Gasteiger partial charge in [-0.15, -0.1) is 0 Å². The van der Waals surface area contributed by atoms with Crippen LogP contribution < -0.4 is 14.8 Å². The molecule has 1 aromatic heterocycles. The molecule has 0 unspecified atom stereocenters. The van der Waals surface area contributed by atoms with E-state index in [2.05, 4.69) is 5.32 Å². The first-order valence-corrected chi connectivity index (χ1v) is 10.7. The van der Waals surface area contributed by atoms with E-state index in [4.69, 9.17) is 37.7 Å². The molecule has 164 valence electrons. The number of rotatable bonds is 7. The fourth-order valence-corrected chi connectivity index (χ4v) is 3.86. The molecule has 0 saturated carbocycles. The van der Waals surface area contributed by atoms with E-state index in [1.165, 1.54) is 4.90 Å². The molecule has 32 heavy (non-hydrogen) atoms. The van der Waals surface area contributed by atoms with E-state index < -0.39 is 0 Å². The number of thiocarbonyl (C=S) groups is 1. The van der Waals surface area contributed by atoms with Gasteiger partial charge in [-0.1, -0.05) is 17.7 Å². The summed E-state index contributed by atoms with van der Waals surface area (Å²) in [5, 5.41) is 3.99. The van der Waals surface area contributed by atoms with Gasteiger partial charge >= 0.3 is 0 Å². The highest BCUT2D eigenvalue weighted by atomic mass is 35.5. The number of hydrogen-bond acceptors (Lipinski definition) is 5. The largest absolute Gasteiger partial charge is 0.496 e. The van der Waals surface area contributed by atoms with Crippen molar-refractivity contribution >= 4 is 40.9 Å². The van der Waals surface area contributed by atoms with Crippen molar-refractivity contribution in [3.05, 3.63) is 88.0 Å². The van der Waals surface area contributed by atoms with Crippen molar-refractivity contribution in [1.82, 2.24) is 10.2 Å². The third-order valence-corrected chi connectivity index (χ3v) is 5.55. The van der Waals surface area contributed by atoms with Gasteiger partial charge in [-0.25, -0.2) is 0 Å². The molecule has 1 N–H and O–H groups in total. The number of nitrogens with one attached hydrogen (secondary N) is 1. The van der Waals surface area contributed by atoms with Gasteiger partial charge in [0.15, 0.2) is 5.11 Å². The zero-order valence-corrected chi connectivity index (χ0v) is 19.1. The van der Waals surface area contributed by atoms with Crippen LogP contribution in [0, 0.1) is 6.92 Å². The number of ether oxygens (including phenoxy) is 2. The summed E-state index contributed by atoms with van der Waals surface area (Å²) in [6.45, 7) is 2.51. The number of methoxy groups -OCH3 is 1. The van der Waals surface area contributed by atoms with Crippen LogP contribution >= 0.6 is 23.8 Å². The molecule has 1 fully saturated rings. The van der Waals surface area contributed by atoms with Crippen LogP contribution in [0.4, 0.5) is 0 Å². The van der Waals surface area contributed by atoms with Crippen molar-refractivity contribution < 1.29 is 18.7 Å². The van der Waals surface area contributed by atoms with Crippen LogP contribution in [0.1, 0.15) is 22.5 Å². The van der Waals surface area contributed by atoms with Gasteiger partial charge in [0, 0.05) is 10.6 Å². The first kappa shape index (κ1) is 21.9. The highest BCUT2D eigenvalue weighted by Crippen LogP contribution is 2.27. The van der Waals surface area contributed by atoms with E-state index in [0.717, 1.165) is 22.4 Å². The van der Waals surface area contributed by atoms with Crippen LogP contribution in [0.25, 0.3) is 6.08 Å². The minimum Gasteiger partial charge on any atom is -0.496 e. The Kier molecular flexibility index (Phi) is 6.48. The summed E-state index contributed by atoms with van der Waals surface area (Å²) in [5.41, 5.74) is 3.00. The highest BCUT2D eigenvalue weighted by Gasteiger charge is 2.31. The molecule has 1 aliphatic rings. The predicted octanol–water partition coefficient (Wildman–Crippen LogP) is 5.09. The molecule has 0 radical (unpaired) electrons. The van der Waals surface area contributed by atoms with Crippen molar-refractivity contribution in [2.45, 2.75) is 20.1 Å². The quantitative estimate of drug-likeness (QED) is 0.385. The van der Waals surface area contributed by atoms with E-state index in [1.807, 2.05) is 37.3 Å². The van der Waals surface area contributed by atoms with E-state index in [1.54, 1.807) is 37.6 Å². The van der Waals surface area contributed by atoms with Crippen molar-refractivity contribution in [2.24, 2.45) is 0 Å². The zero-order valence-electron chi connectivity index (χ0n) is 17.6. The lowest BCUT2D eigenvalue weighted by Crippen LogP contribution is -2.29. The summed E-state index contributed by atoms with van der Waals surface area (Å²) in [4.78, 5) is 14.3. The molecule has 8 heteroatoms. The standard InChI is InChI=1S/C24H21ClN2O4S/c1-15-10-18(25)6-8-21(15)31-14-17-11-16(5-7-22(17)29-2)12-20-23(28)27(24(32)26-20)13-19-4-3-9-30-19/h3-12H,13-14H2,1-2H3,(H,26,32)/b20-12+. The molecule has 3 aromatic rings. The summed E-state index contributed by atoms with van der Waals surface area (Å²) in [6, 6.07) is 14.7. The SMILES string of the molecule is COc1ccc(/C=C2/NC(=S)N(Cc3ccco3)C2=O)cc1COc1ccc(Cl)cc1C. The fourth-order valence-electron chi connectivity index (χ4n) is 3.37. The fraction of sp³-hybridized carbons (Fsp3) is 0.167. The molecule has 2 aromatic carbocycles. The monoisotopic (exact) mass is 468 g/mol. The van der Waals surface area contributed by atoms with Crippen molar-refractivity contribution in [3.8, 4) is 11.5 Å². The molecule has 0 aliphatic carbocycles. The van der Waals surface area contributed by atoms with Gasteiger partial charge in [-0.2, -0.15) is 0 Å². The summed E-state index contributed by atoms with van der Waals surface area (Å²) >= 11 is 11.4. The van der Waals surface area contributed by atoms with Gasteiger partial charge in [-0.3, -0.25) is 9.69 Å². The number of nitrogens with zero attached hydrogens (tertiary/aromatic N) is 1. The first-order chi connectivity index (χ1) is 15.4. The van der Waals surface area contributed by atoms with Gasteiger partial charge < -0.3 is 19.2 Å². The topological polar surface area (TPSA) is 63.9 Å². The number of carbonyl (C=O) groups is 1. The second-order valence-corrected chi connectivity index (χ2v) is 8.05. The lowest BCUT2D eigenvalue weighted by atomic mass is 10.1. The van der Waals surface area contributed by atoms with Gasteiger partial charge in [0.05, 0.1) is 19.9 Å². The Hall–Kier alpha value is -3.29. The average Bonchev–Trinajstić information content (AvgIpc) is 3.37. The molecule has 1 aliphatic heterocycles. The minimum absolute atomic E-state index is 0.211. The van der Waals surface area contributed by atoms with Crippen molar-refractivity contribution in [2.75, 3.05) is 7.11 Å². The Morgan fingerprint density at radius 3 is 2.72 bits per heavy atom. The van der Waals surface area contributed by atoms with Crippen LogP contribution in [0.15, 0.2) is 64.9 Å². The second-order valence-electron chi connectivity index (χ2n) is 7.23. The molecule has 1 amide bonds. The summed E-state index contributed by atoms with van der Waals surface area (Å²) < 4.78 is 16.8. The smallest absolute Gasteiger partial charge is 0.276 e. The maximum atomic E-state index is 12.8. The number of aryl methyl sites for hydroxylation is 1. The van der Waals surface area contributed by atoms with Crippen LogP contribution in [0.3, 0.4) is 0 Å². The normalized spacial score (nSPS) is 14.7. The highest BCUT2D eigenvalue weighted by molar-refractivity contribution is 7.80. The van der Waals surface area contributed by atoms with Crippen molar-refractivity contribution in [3.63, 3.8) is 0 Å². The van der Waals surface area contributed by atoms with E-state index in [0.29, 0.717) is 33.9 Å². The van der Waals surface area contributed by atoms with Gasteiger partial charge in [0.2, 0.25) is 0 Å². The number of hydrogen-bond donors (Lipinski definition) is 1.